The van der Waals surface area contributed by atoms with E-state index in [2.05, 4.69) is 16.9 Å². The average Bonchev–Trinajstić information content (AvgIpc) is 2.68. The van der Waals surface area contributed by atoms with E-state index in [0.717, 1.165) is 19.3 Å². The van der Waals surface area contributed by atoms with Crippen LogP contribution in [0.5, 0.6) is 5.88 Å². The van der Waals surface area contributed by atoms with E-state index >= 15 is 0 Å². The quantitative estimate of drug-likeness (QED) is 0.462. The largest absolute Gasteiger partial charge is 0.494 e. The van der Waals surface area contributed by atoms with Gasteiger partial charge in [0.25, 0.3) is 5.56 Å². The topological polar surface area (TPSA) is 70.4 Å². The van der Waals surface area contributed by atoms with E-state index in [4.69, 9.17) is 12.2 Å². The highest BCUT2D eigenvalue weighted by atomic mass is 32.1. The van der Waals surface area contributed by atoms with Gasteiger partial charge in [-0.2, -0.15) is 0 Å². The molecular weight excluding hydrogens is 377 g/mol. The zero-order valence-electron chi connectivity index (χ0n) is 15.4. The molecule has 0 aliphatic carbocycles. The third kappa shape index (κ3) is 4.43. The first-order chi connectivity index (χ1) is 13.5. The van der Waals surface area contributed by atoms with Crippen LogP contribution in [-0.2, 0) is 6.42 Å². The van der Waals surface area contributed by atoms with E-state index in [0.29, 0.717) is 11.4 Å². The normalized spacial score (nSPS) is 11.2. The van der Waals surface area contributed by atoms with Crippen molar-refractivity contribution in [1.29, 1.82) is 0 Å². The van der Waals surface area contributed by atoms with Gasteiger partial charge < -0.3 is 5.11 Å². The summed E-state index contributed by atoms with van der Waals surface area (Å²) in [4.78, 5) is 19.0. The number of nitrogens with zero attached hydrogens (tertiary/aromatic N) is 2. The molecule has 0 saturated carbocycles. The van der Waals surface area contributed by atoms with E-state index in [1.807, 2.05) is 24.3 Å². The molecular formula is C21H20FN3O2S. The Hall–Kier alpha value is -3.06. The van der Waals surface area contributed by atoms with Crippen molar-refractivity contribution in [2.75, 3.05) is 0 Å². The van der Waals surface area contributed by atoms with Gasteiger partial charge in [-0.1, -0.05) is 25.5 Å². The number of aromatic nitrogens is 2. The summed E-state index contributed by atoms with van der Waals surface area (Å²) in [7, 11) is 0. The van der Waals surface area contributed by atoms with Crippen molar-refractivity contribution in [2.24, 2.45) is 4.99 Å². The van der Waals surface area contributed by atoms with E-state index in [-0.39, 0.29) is 16.2 Å². The van der Waals surface area contributed by atoms with Crippen LogP contribution >= 0.6 is 12.2 Å². The molecule has 2 N–H and O–H groups in total. The molecule has 0 radical (unpaired) electrons. The fraction of sp³-hybridized carbons (Fsp3) is 0.190. The molecule has 0 fully saturated rings. The zero-order chi connectivity index (χ0) is 20.1. The molecule has 28 heavy (non-hydrogen) atoms. The molecule has 0 atom stereocenters. The SMILES string of the molecule is CCCCc1ccc(N=Cc2c(O)n(-c3ccc(F)cc3)c(=S)[nH]c2=O)cc1. The summed E-state index contributed by atoms with van der Waals surface area (Å²) in [6.07, 6.45) is 4.57. The van der Waals surface area contributed by atoms with Gasteiger partial charge in [-0.05, 0) is 67.0 Å². The summed E-state index contributed by atoms with van der Waals surface area (Å²) in [6.45, 7) is 2.15. The first kappa shape index (κ1) is 19.7. The Balaban J connectivity index is 1.95. The van der Waals surface area contributed by atoms with Crippen molar-refractivity contribution < 1.29 is 9.50 Å². The number of hydrogen-bond acceptors (Lipinski definition) is 4. The number of aromatic amines is 1. The number of benzene rings is 2. The number of aryl methyl sites for hydroxylation is 1. The lowest BCUT2D eigenvalue weighted by Crippen LogP contribution is -2.18. The van der Waals surface area contributed by atoms with Gasteiger partial charge in [0.05, 0.1) is 11.4 Å². The van der Waals surface area contributed by atoms with Crippen molar-refractivity contribution in [3.8, 4) is 11.6 Å². The summed E-state index contributed by atoms with van der Waals surface area (Å²) in [6, 6.07) is 13.1. The van der Waals surface area contributed by atoms with E-state index in [9.17, 15) is 14.3 Å². The van der Waals surface area contributed by atoms with E-state index in [1.54, 1.807) is 0 Å². The molecule has 3 aromatic rings. The zero-order valence-corrected chi connectivity index (χ0v) is 16.2. The Labute approximate surface area is 166 Å². The number of nitrogens with one attached hydrogen (secondary N) is 1. The van der Waals surface area contributed by atoms with Gasteiger partial charge in [0, 0.05) is 6.21 Å². The average molecular weight is 397 g/mol. The Kier molecular flexibility index (Phi) is 6.16. The van der Waals surface area contributed by atoms with E-state index in [1.165, 1.54) is 40.6 Å². The van der Waals surface area contributed by atoms with Gasteiger partial charge in [0.15, 0.2) is 4.77 Å². The lowest BCUT2D eigenvalue weighted by atomic mass is 10.1. The van der Waals surface area contributed by atoms with Crippen LogP contribution in [0, 0.1) is 10.6 Å². The molecule has 1 aromatic heterocycles. The van der Waals surface area contributed by atoms with Crippen molar-refractivity contribution in [3.63, 3.8) is 0 Å². The van der Waals surface area contributed by atoms with Gasteiger partial charge in [0.1, 0.15) is 11.4 Å². The highest BCUT2D eigenvalue weighted by Crippen LogP contribution is 2.20. The van der Waals surface area contributed by atoms with Crippen LogP contribution in [-0.4, -0.2) is 20.9 Å². The van der Waals surface area contributed by atoms with Gasteiger partial charge >= 0.3 is 0 Å². The molecule has 0 aliphatic rings. The standard InChI is InChI=1S/C21H20FN3O2S/c1-2-3-4-14-5-9-16(10-6-14)23-13-18-19(26)24-21(28)25(20(18)27)17-11-7-15(22)8-12-17/h5-13,27H,2-4H2,1H3,(H,24,26,28). The number of unbranched alkanes of at least 4 members (excludes halogenated alkanes) is 1. The van der Waals surface area contributed by atoms with Crippen LogP contribution in [0.2, 0.25) is 0 Å². The Morgan fingerprint density at radius 3 is 2.50 bits per heavy atom. The number of rotatable bonds is 6. The van der Waals surface area contributed by atoms with Crippen LogP contribution in [0.15, 0.2) is 58.3 Å². The predicted octanol–water partition coefficient (Wildman–Crippen LogP) is 4.83. The van der Waals surface area contributed by atoms with Gasteiger partial charge in [0.2, 0.25) is 5.88 Å². The molecule has 1 heterocycles. The fourth-order valence-electron chi connectivity index (χ4n) is 2.75. The maximum Gasteiger partial charge on any atom is 0.264 e. The Morgan fingerprint density at radius 1 is 1.18 bits per heavy atom. The molecule has 0 spiro atoms. The van der Waals surface area contributed by atoms with Crippen LogP contribution in [0.3, 0.4) is 0 Å². The van der Waals surface area contributed by atoms with Gasteiger partial charge in [-0.3, -0.25) is 19.3 Å². The van der Waals surface area contributed by atoms with Gasteiger partial charge in [-0.25, -0.2) is 4.39 Å². The first-order valence-electron chi connectivity index (χ1n) is 8.97. The number of aromatic hydroxyl groups is 1. The maximum absolute atomic E-state index is 13.2. The third-order valence-corrected chi connectivity index (χ3v) is 4.59. The van der Waals surface area contributed by atoms with Crippen molar-refractivity contribution in [1.82, 2.24) is 9.55 Å². The fourth-order valence-corrected chi connectivity index (χ4v) is 3.04. The Bertz CT molecular complexity index is 1100. The second-order valence-corrected chi connectivity index (χ2v) is 6.72. The lowest BCUT2D eigenvalue weighted by Gasteiger charge is -2.11. The van der Waals surface area contributed by atoms with Crippen molar-refractivity contribution >= 4 is 24.1 Å². The highest BCUT2D eigenvalue weighted by Gasteiger charge is 2.12. The van der Waals surface area contributed by atoms with Gasteiger partial charge in [-0.15, -0.1) is 0 Å². The number of halogens is 1. The summed E-state index contributed by atoms with van der Waals surface area (Å²) < 4.78 is 14.4. The summed E-state index contributed by atoms with van der Waals surface area (Å²) >= 11 is 5.14. The van der Waals surface area contributed by atoms with Crippen LogP contribution in [0.25, 0.3) is 5.69 Å². The molecule has 0 amide bonds. The molecule has 0 unspecified atom stereocenters. The van der Waals surface area contributed by atoms with Crippen LogP contribution in [0.4, 0.5) is 10.1 Å². The minimum absolute atomic E-state index is 0.00605. The molecule has 3 rings (SSSR count). The summed E-state index contributed by atoms with van der Waals surface area (Å²) in [5.74, 6) is -0.771. The second kappa shape index (κ2) is 8.75. The number of hydrogen-bond donors (Lipinski definition) is 2. The molecule has 144 valence electrons. The minimum atomic E-state index is -0.552. The molecule has 7 heteroatoms. The lowest BCUT2D eigenvalue weighted by molar-refractivity contribution is 0.432. The highest BCUT2D eigenvalue weighted by molar-refractivity contribution is 7.71. The van der Waals surface area contributed by atoms with Crippen LogP contribution in [0.1, 0.15) is 30.9 Å². The first-order valence-corrected chi connectivity index (χ1v) is 9.37. The smallest absolute Gasteiger partial charge is 0.264 e. The third-order valence-electron chi connectivity index (χ3n) is 4.30. The molecule has 2 aromatic carbocycles. The Morgan fingerprint density at radius 2 is 1.86 bits per heavy atom. The molecule has 0 bridgehead atoms. The summed E-state index contributed by atoms with van der Waals surface area (Å²) in [5.41, 5.74) is 1.73. The minimum Gasteiger partial charge on any atom is -0.494 e. The maximum atomic E-state index is 13.2. The molecule has 0 aliphatic heterocycles. The monoisotopic (exact) mass is 397 g/mol. The summed E-state index contributed by atoms with van der Waals surface area (Å²) in [5, 5.41) is 10.6. The molecule has 0 saturated heterocycles. The van der Waals surface area contributed by atoms with Crippen molar-refractivity contribution in [2.45, 2.75) is 26.2 Å². The number of H-pyrrole nitrogens is 1. The molecule has 5 nitrogen and oxygen atoms in total. The predicted molar refractivity (Wildman–Crippen MR) is 111 cm³/mol. The van der Waals surface area contributed by atoms with Crippen molar-refractivity contribution in [3.05, 3.63) is 80.6 Å². The number of aliphatic imine (C=N–C) groups is 1. The van der Waals surface area contributed by atoms with Crippen LogP contribution < -0.4 is 5.56 Å². The second-order valence-electron chi connectivity index (χ2n) is 6.34. The van der Waals surface area contributed by atoms with E-state index < -0.39 is 11.4 Å².